The number of carbonyl (C=O) groups excluding carboxylic acids is 2. The summed E-state index contributed by atoms with van der Waals surface area (Å²) in [6.07, 6.45) is 3.71. The summed E-state index contributed by atoms with van der Waals surface area (Å²) in [6, 6.07) is 4.36. The number of benzene rings is 1. The maximum Gasteiger partial charge on any atom is 0.295 e. The number of aromatic hydroxyl groups is 1. The molecule has 3 heterocycles. The van der Waals surface area contributed by atoms with Crippen molar-refractivity contribution in [3.05, 3.63) is 61.8 Å². The van der Waals surface area contributed by atoms with Gasteiger partial charge in [-0.25, -0.2) is 4.39 Å². The number of hydrogen-bond acceptors (Lipinski definition) is 4. The zero-order valence-electron chi connectivity index (χ0n) is 17.2. The van der Waals surface area contributed by atoms with Crippen molar-refractivity contribution in [1.82, 2.24) is 14.4 Å². The minimum Gasteiger partial charge on any atom is -0.502 e. The SMILES string of the molecule is O=C1c2c(c3n(c(=O)c2O)[C@@H](C2CC2)N(C2CC2)C3=O)CCN1Cc1ccc(F)c(Cl)c1. The lowest BCUT2D eigenvalue weighted by atomic mass is 9.95. The number of aromatic nitrogens is 1. The summed E-state index contributed by atoms with van der Waals surface area (Å²) < 4.78 is 14.9. The van der Waals surface area contributed by atoms with Crippen molar-refractivity contribution in [3.8, 4) is 5.75 Å². The van der Waals surface area contributed by atoms with Crippen LogP contribution in [0.15, 0.2) is 23.0 Å². The Labute approximate surface area is 188 Å². The Balaban J connectivity index is 1.42. The van der Waals surface area contributed by atoms with Crippen LogP contribution in [0.1, 0.15) is 63.8 Å². The van der Waals surface area contributed by atoms with E-state index in [0.717, 1.165) is 25.7 Å². The molecule has 32 heavy (non-hydrogen) atoms. The van der Waals surface area contributed by atoms with Crippen LogP contribution in [-0.4, -0.2) is 43.9 Å². The van der Waals surface area contributed by atoms with Crippen molar-refractivity contribution in [1.29, 1.82) is 0 Å². The van der Waals surface area contributed by atoms with Gasteiger partial charge in [-0.05, 0) is 55.7 Å². The van der Waals surface area contributed by atoms with Crippen molar-refractivity contribution >= 4 is 23.4 Å². The lowest BCUT2D eigenvalue weighted by molar-refractivity contribution is 0.0644. The molecular weight excluding hydrogens is 437 g/mol. The fraction of sp³-hybridized carbons (Fsp3) is 0.435. The molecule has 166 valence electrons. The van der Waals surface area contributed by atoms with Crippen LogP contribution in [0, 0.1) is 11.7 Å². The summed E-state index contributed by atoms with van der Waals surface area (Å²) in [5.41, 5.74) is 0.604. The normalized spacial score (nSPS) is 22.4. The first kappa shape index (κ1) is 19.8. The summed E-state index contributed by atoms with van der Waals surface area (Å²) in [5.74, 6) is -1.63. The number of carbonyl (C=O) groups is 2. The average molecular weight is 458 g/mol. The minimum absolute atomic E-state index is 0.0387. The van der Waals surface area contributed by atoms with Crippen molar-refractivity contribution in [2.24, 2.45) is 5.92 Å². The number of hydrogen-bond donors (Lipinski definition) is 1. The highest BCUT2D eigenvalue weighted by Gasteiger charge is 2.53. The molecule has 2 aliphatic carbocycles. The molecule has 9 heteroatoms. The molecule has 0 bridgehead atoms. The van der Waals surface area contributed by atoms with Crippen LogP contribution >= 0.6 is 11.6 Å². The highest BCUT2D eigenvalue weighted by molar-refractivity contribution is 6.30. The number of fused-ring (bicyclic) bond motifs is 3. The lowest BCUT2D eigenvalue weighted by Gasteiger charge is -2.30. The standard InChI is InChI=1S/C23H21ClFN3O4/c24-15-9-11(1-6-16(15)25)10-26-8-7-14-17(21(26)30)19(29)23(32)28-18(14)22(31)27(13-4-5-13)20(28)12-2-3-12/h1,6,9,12-13,20,29H,2-5,7-8,10H2/t20-/m0/s1. The summed E-state index contributed by atoms with van der Waals surface area (Å²) in [5, 5.41) is 10.8. The Morgan fingerprint density at radius 3 is 2.50 bits per heavy atom. The molecule has 2 amide bonds. The van der Waals surface area contributed by atoms with Crippen LogP contribution in [0.2, 0.25) is 5.02 Å². The Kier molecular flexibility index (Phi) is 4.21. The molecule has 1 atom stereocenters. The van der Waals surface area contributed by atoms with E-state index in [2.05, 4.69) is 0 Å². The van der Waals surface area contributed by atoms with Gasteiger partial charge in [-0.2, -0.15) is 0 Å². The number of nitrogens with zero attached hydrogens (tertiary/aromatic N) is 3. The molecule has 0 unspecified atom stereocenters. The summed E-state index contributed by atoms with van der Waals surface area (Å²) >= 11 is 5.86. The maximum absolute atomic E-state index is 13.5. The van der Waals surface area contributed by atoms with Crippen LogP contribution in [0.3, 0.4) is 0 Å². The molecule has 2 fully saturated rings. The van der Waals surface area contributed by atoms with E-state index in [1.54, 1.807) is 6.07 Å². The van der Waals surface area contributed by atoms with Gasteiger partial charge in [-0.15, -0.1) is 0 Å². The molecule has 4 aliphatic rings. The highest BCUT2D eigenvalue weighted by atomic mass is 35.5. The van der Waals surface area contributed by atoms with E-state index >= 15 is 0 Å². The van der Waals surface area contributed by atoms with Gasteiger partial charge in [0.2, 0.25) is 0 Å². The Morgan fingerprint density at radius 1 is 1.09 bits per heavy atom. The fourth-order valence-corrected chi connectivity index (χ4v) is 5.34. The molecule has 2 saturated carbocycles. The summed E-state index contributed by atoms with van der Waals surface area (Å²) in [7, 11) is 0. The predicted octanol–water partition coefficient (Wildman–Crippen LogP) is 3.07. The molecule has 6 rings (SSSR count). The lowest BCUT2D eigenvalue weighted by Crippen LogP contribution is -2.40. The molecule has 7 nitrogen and oxygen atoms in total. The number of amides is 2. The average Bonchev–Trinajstić information content (AvgIpc) is 3.68. The van der Waals surface area contributed by atoms with Gasteiger partial charge in [0.05, 0.1) is 10.6 Å². The molecule has 0 spiro atoms. The topological polar surface area (TPSA) is 82.8 Å². The second kappa shape index (κ2) is 6.81. The van der Waals surface area contributed by atoms with Crippen LogP contribution in [-0.2, 0) is 13.0 Å². The number of rotatable bonds is 4. The largest absolute Gasteiger partial charge is 0.502 e. The van der Waals surface area contributed by atoms with Crippen molar-refractivity contribution in [2.75, 3.05) is 6.54 Å². The third kappa shape index (κ3) is 2.81. The van der Waals surface area contributed by atoms with E-state index < -0.39 is 23.0 Å². The number of halogens is 2. The first-order chi connectivity index (χ1) is 15.4. The van der Waals surface area contributed by atoms with Crippen molar-refractivity contribution < 1.29 is 19.1 Å². The van der Waals surface area contributed by atoms with Gasteiger partial charge in [-0.3, -0.25) is 19.0 Å². The molecule has 0 radical (unpaired) electrons. The predicted molar refractivity (Wildman–Crippen MR) is 113 cm³/mol. The molecular formula is C23H21ClFN3O4. The van der Waals surface area contributed by atoms with E-state index in [-0.39, 0.29) is 46.9 Å². The molecule has 2 aliphatic heterocycles. The van der Waals surface area contributed by atoms with Crippen LogP contribution in [0.5, 0.6) is 5.75 Å². The van der Waals surface area contributed by atoms with Gasteiger partial charge >= 0.3 is 0 Å². The van der Waals surface area contributed by atoms with Gasteiger partial charge in [-0.1, -0.05) is 17.7 Å². The highest BCUT2D eigenvalue weighted by Crippen LogP contribution is 2.50. The fourth-order valence-electron chi connectivity index (χ4n) is 5.14. The van der Waals surface area contributed by atoms with Crippen molar-refractivity contribution in [3.63, 3.8) is 0 Å². The Bertz CT molecular complexity index is 1250. The minimum atomic E-state index is -0.674. The molecule has 1 aromatic carbocycles. The summed E-state index contributed by atoms with van der Waals surface area (Å²) in [6.45, 7) is 0.471. The monoisotopic (exact) mass is 457 g/mol. The molecule has 2 aromatic rings. The van der Waals surface area contributed by atoms with E-state index in [4.69, 9.17) is 11.6 Å². The van der Waals surface area contributed by atoms with Gasteiger partial charge in [0.25, 0.3) is 17.4 Å². The van der Waals surface area contributed by atoms with E-state index in [1.165, 1.54) is 21.6 Å². The smallest absolute Gasteiger partial charge is 0.295 e. The molecule has 1 N–H and O–H groups in total. The molecule has 0 saturated heterocycles. The quantitative estimate of drug-likeness (QED) is 0.765. The van der Waals surface area contributed by atoms with Crippen molar-refractivity contribution in [2.45, 2.75) is 50.9 Å². The first-order valence-electron chi connectivity index (χ1n) is 10.9. The molecule has 1 aromatic heterocycles. The number of pyridine rings is 1. The first-order valence-corrected chi connectivity index (χ1v) is 11.3. The maximum atomic E-state index is 13.5. The van der Waals surface area contributed by atoms with Crippen LogP contribution < -0.4 is 5.56 Å². The Morgan fingerprint density at radius 2 is 1.84 bits per heavy atom. The van der Waals surface area contributed by atoms with Gasteiger partial charge < -0.3 is 14.9 Å². The van der Waals surface area contributed by atoms with Gasteiger partial charge in [0.1, 0.15) is 17.7 Å². The van der Waals surface area contributed by atoms with Crippen LogP contribution in [0.4, 0.5) is 4.39 Å². The van der Waals surface area contributed by atoms with E-state index in [9.17, 15) is 23.9 Å². The van der Waals surface area contributed by atoms with Gasteiger partial charge in [0, 0.05) is 24.7 Å². The second-order valence-electron chi connectivity index (χ2n) is 9.15. The van der Waals surface area contributed by atoms with E-state index in [0.29, 0.717) is 24.1 Å². The van der Waals surface area contributed by atoms with Gasteiger partial charge in [0.15, 0.2) is 5.75 Å². The third-order valence-electron chi connectivity index (χ3n) is 6.95. The van der Waals surface area contributed by atoms with E-state index in [1.807, 2.05) is 4.90 Å². The second-order valence-corrected chi connectivity index (χ2v) is 9.55. The summed E-state index contributed by atoms with van der Waals surface area (Å²) in [4.78, 5) is 43.2. The zero-order chi connectivity index (χ0) is 22.3. The van der Waals surface area contributed by atoms with Crippen LogP contribution in [0.25, 0.3) is 0 Å². The Hall–Kier alpha value is -2.87. The zero-order valence-corrected chi connectivity index (χ0v) is 17.9. The third-order valence-corrected chi connectivity index (χ3v) is 7.24.